The number of rotatable bonds is 7. The Kier molecular flexibility index (Phi) is 7.35. The van der Waals surface area contributed by atoms with E-state index in [0.29, 0.717) is 4.47 Å². The van der Waals surface area contributed by atoms with Crippen molar-refractivity contribution in [1.82, 2.24) is 0 Å². The van der Waals surface area contributed by atoms with Crippen LogP contribution in [-0.2, 0) is 25.6 Å². The van der Waals surface area contributed by atoms with Crippen LogP contribution in [-0.4, -0.2) is 38.7 Å². The molecule has 0 saturated heterocycles. The number of benzene rings is 1. The minimum absolute atomic E-state index is 0.00747. The normalized spacial score (nSPS) is 10.3. The van der Waals surface area contributed by atoms with E-state index in [0.717, 1.165) is 25.6 Å². The quantitative estimate of drug-likeness (QED) is 0.480. The lowest BCUT2D eigenvalue weighted by atomic mass is 10.1. The summed E-state index contributed by atoms with van der Waals surface area (Å²) in [5, 5.41) is 0.0199. The molecule has 2 aromatic rings. The SMILES string of the molecule is COC(=O)c1sc(N)c(C(=O)OC)c1COC(=O)COc1ccc(Br)cc1F. The van der Waals surface area contributed by atoms with Gasteiger partial charge in [-0.3, -0.25) is 0 Å². The summed E-state index contributed by atoms with van der Waals surface area (Å²) in [6.07, 6.45) is 0. The number of hydrogen-bond donors (Lipinski definition) is 1. The molecular formula is C17H15BrFNO7S. The van der Waals surface area contributed by atoms with Crippen molar-refractivity contribution in [2.45, 2.75) is 6.61 Å². The molecule has 2 rings (SSSR count). The van der Waals surface area contributed by atoms with Crippen LogP contribution < -0.4 is 10.5 Å². The van der Waals surface area contributed by atoms with Crippen LogP contribution in [0, 0.1) is 5.82 Å². The highest BCUT2D eigenvalue weighted by molar-refractivity contribution is 9.10. The smallest absolute Gasteiger partial charge is 0.348 e. The summed E-state index contributed by atoms with van der Waals surface area (Å²) in [6, 6.07) is 4.07. The van der Waals surface area contributed by atoms with E-state index in [1.807, 2.05) is 0 Å². The Morgan fingerprint density at radius 3 is 2.46 bits per heavy atom. The molecule has 0 unspecified atom stereocenters. The van der Waals surface area contributed by atoms with Gasteiger partial charge in [0.2, 0.25) is 0 Å². The molecule has 1 heterocycles. The summed E-state index contributed by atoms with van der Waals surface area (Å²) < 4.78 is 33.6. The van der Waals surface area contributed by atoms with E-state index >= 15 is 0 Å². The van der Waals surface area contributed by atoms with Gasteiger partial charge in [0.15, 0.2) is 18.2 Å². The fourth-order valence-electron chi connectivity index (χ4n) is 2.13. The van der Waals surface area contributed by atoms with Crippen LogP contribution >= 0.6 is 27.3 Å². The molecular weight excluding hydrogens is 461 g/mol. The molecule has 1 aromatic carbocycles. The topological polar surface area (TPSA) is 114 Å². The standard InChI is InChI=1S/C17H15BrFNO7S/c1-24-16(22)13-9(14(17(23)25-2)28-15(13)20)6-27-12(21)7-26-11-4-3-8(18)5-10(11)19/h3-5H,6-7,20H2,1-2H3. The Bertz CT molecular complexity index is 915. The Balaban J connectivity index is 2.11. The van der Waals surface area contributed by atoms with Gasteiger partial charge in [-0.25, -0.2) is 18.8 Å². The summed E-state index contributed by atoms with van der Waals surface area (Å²) in [5.74, 6) is -3.17. The van der Waals surface area contributed by atoms with Gasteiger partial charge in [-0.1, -0.05) is 15.9 Å². The molecule has 0 bridgehead atoms. The van der Waals surface area contributed by atoms with Gasteiger partial charge in [0, 0.05) is 10.0 Å². The van der Waals surface area contributed by atoms with Crippen molar-refractivity contribution in [3.8, 4) is 5.75 Å². The van der Waals surface area contributed by atoms with Gasteiger partial charge in [0.25, 0.3) is 0 Å². The molecule has 8 nitrogen and oxygen atoms in total. The van der Waals surface area contributed by atoms with Gasteiger partial charge in [-0.2, -0.15) is 0 Å². The number of hydrogen-bond acceptors (Lipinski definition) is 9. The molecule has 0 amide bonds. The van der Waals surface area contributed by atoms with Crippen molar-refractivity contribution < 1.29 is 37.7 Å². The zero-order chi connectivity index (χ0) is 20.8. The van der Waals surface area contributed by atoms with Crippen LogP contribution in [0.5, 0.6) is 5.75 Å². The van der Waals surface area contributed by atoms with Crippen LogP contribution in [0.1, 0.15) is 25.6 Å². The molecule has 2 N–H and O–H groups in total. The molecule has 0 spiro atoms. The van der Waals surface area contributed by atoms with Crippen LogP contribution in [0.3, 0.4) is 0 Å². The maximum absolute atomic E-state index is 13.7. The average Bonchev–Trinajstić information content (AvgIpc) is 3.00. The van der Waals surface area contributed by atoms with E-state index in [1.165, 1.54) is 12.1 Å². The molecule has 0 aliphatic heterocycles. The van der Waals surface area contributed by atoms with Gasteiger partial charge < -0.3 is 24.7 Å². The lowest BCUT2D eigenvalue weighted by Gasteiger charge is -2.09. The highest BCUT2D eigenvalue weighted by atomic mass is 79.9. The Morgan fingerprint density at radius 1 is 1.18 bits per heavy atom. The third kappa shape index (κ3) is 4.98. The molecule has 11 heteroatoms. The summed E-state index contributed by atoms with van der Waals surface area (Å²) in [7, 11) is 2.31. The Labute approximate surface area is 171 Å². The number of ether oxygens (including phenoxy) is 4. The maximum atomic E-state index is 13.7. The summed E-state index contributed by atoms with van der Waals surface area (Å²) in [4.78, 5) is 35.8. The fourth-order valence-corrected chi connectivity index (χ4v) is 3.44. The first-order valence-electron chi connectivity index (χ1n) is 7.59. The molecule has 0 aliphatic carbocycles. The Morgan fingerprint density at radius 2 is 1.86 bits per heavy atom. The molecule has 0 saturated carbocycles. The van der Waals surface area contributed by atoms with Crippen LogP contribution in [0.4, 0.5) is 9.39 Å². The average molecular weight is 476 g/mol. The Hall–Kier alpha value is -2.66. The van der Waals surface area contributed by atoms with Crippen LogP contribution in [0.25, 0.3) is 0 Å². The minimum atomic E-state index is -0.848. The number of esters is 3. The summed E-state index contributed by atoms with van der Waals surface area (Å²) >= 11 is 3.91. The molecule has 28 heavy (non-hydrogen) atoms. The zero-order valence-electron chi connectivity index (χ0n) is 14.7. The van der Waals surface area contributed by atoms with Crippen molar-refractivity contribution in [2.24, 2.45) is 0 Å². The second-order valence-electron chi connectivity index (χ2n) is 5.16. The predicted molar refractivity (Wildman–Crippen MR) is 101 cm³/mol. The third-order valence-corrected chi connectivity index (χ3v) is 4.95. The number of halogens is 2. The van der Waals surface area contributed by atoms with Gasteiger partial charge >= 0.3 is 17.9 Å². The van der Waals surface area contributed by atoms with Gasteiger partial charge in [0.1, 0.15) is 22.0 Å². The number of nitrogens with two attached hydrogens (primary N) is 1. The fraction of sp³-hybridized carbons (Fsp3) is 0.235. The number of thiophene rings is 1. The molecule has 0 fully saturated rings. The zero-order valence-corrected chi connectivity index (χ0v) is 17.1. The predicted octanol–water partition coefficient (Wildman–Crippen LogP) is 2.93. The molecule has 1 aromatic heterocycles. The van der Waals surface area contributed by atoms with E-state index in [1.54, 1.807) is 6.07 Å². The number of nitrogen functional groups attached to an aromatic ring is 1. The minimum Gasteiger partial charge on any atom is -0.479 e. The number of anilines is 1. The second kappa shape index (κ2) is 9.51. The maximum Gasteiger partial charge on any atom is 0.348 e. The van der Waals surface area contributed by atoms with E-state index in [4.69, 9.17) is 15.2 Å². The molecule has 150 valence electrons. The van der Waals surface area contributed by atoms with Crippen LogP contribution in [0.15, 0.2) is 22.7 Å². The van der Waals surface area contributed by atoms with E-state index in [-0.39, 0.29) is 26.8 Å². The van der Waals surface area contributed by atoms with Crippen molar-refractivity contribution in [3.05, 3.63) is 44.5 Å². The highest BCUT2D eigenvalue weighted by Crippen LogP contribution is 2.33. The highest BCUT2D eigenvalue weighted by Gasteiger charge is 2.28. The number of methoxy groups -OCH3 is 2. The van der Waals surface area contributed by atoms with Crippen molar-refractivity contribution in [3.63, 3.8) is 0 Å². The first-order chi connectivity index (χ1) is 13.3. The van der Waals surface area contributed by atoms with E-state index in [2.05, 4.69) is 25.4 Å². The first kappa shape index (κ1) is 21.6. The van der Waals surface area contributed by atoms with Crippen molar-refractivity contribution >= 4 is 50.2 Å². The van der Waals surface area contributed by atoms with E-state index in [9.17, 15) is 18.8 Å². The monoisotopic (exact) mass is 475 g/mol. The first-order valence-corrected chi connectivity index (χ1v) is 9.20. The molecule has 0 radical (unpaired) electrons. The van der Waals surface area contributed by atoms with E-state index < -0.39 is 36.9 Å². The van der Waals surface area contributed by atoms with Crippen LogP contribution in [0.2, 0.25) is 0 Å². The lowest BCUT2D eigenvalue weighted by Crippen LogP contribution is -2.17. The molecule has 0 aliphatic rings. The largest absolute Gasteiger partial charge is 0.479 e. The number of carbonyl (C=O) groups excluding carboxylic acids is 3. The summed E-state index contributed by atoms with van der Waals surface area (Å²) in [6.45, 7) is -1.03. The lowest BCUT2D eigenvalue weighted by molar-refractivity contribution is -0.147. The van der Waals surface area contributed by atoms with Gasteiger partial charge in [-0.05, 0) is 18.2 Å². The van der Waals surface area contributed by atoms with Crippen molar-refractivity contribution in [1.29, 1.82) is 0 Å². The van der Waals surface area contributed by atoms with Gasteiger partial charge in [0.05, 0.1) is 14.2 Å². The van der Waals surface area contributed by atoms with Crippen molar-refractivity contribution in [2.75, 3.05) is 26.6 Å². The third-order valence-electron chi connectivity index (χ3n) is 3.41. The second-order valence-corrected chi connectivity index (χ2v) is 7.12. The number of carbonyl (C=O) groups is 3. The van der Waals surface area contributed by atoms with Gasteiger partial charge in [-0.15, -0.1) is 11.3 Å². The summed E-state index contributed by atoms with van der Waals surface area (Å²) in [5.41, 5.74) is 5.76. The molecule has 0 atom stereocenters.